The topological polar surface area (TPSA) is 136 Å². The minimum Gasteiger partial charge on any atom is -0.399 e. The zero-order valence-corrected chi connectivity index (χ0v) is 27.9. The van der Waals surface area contributed by atoms with E-state index in [9.17, 15) is 14.4 Å². The molecule has 1 aliphatic rings. The number of hydrazine groups is 1. The number of aromatic nitrogens is 1. The van der Waals surface area contributed by atoms with Crippen LogP contribution in [0.4, 0.5) is 21.5 Å². The van der Waals surface area contributed by atoms with Crippen LogP contribution in [0.15, 0.2) is 72.7 Å². The number of aldehydes is 1. The monoisotopic (exact) mass is 674 g/mol. The van der Waals surface area contributed by atoms with Gasteiger partial charge in [-0.15, -0.1) is 0 Å². The summed E-state index contributed by atoms with van der Waals surface area (Å²) in [5, 5.41) is 19.0. The van der Waals surface area contributed by atoms with Gasteiger partial charge in [-0.05, 0) is 75.6 Å². The molecule has 6 N–H and O–H groups in total. The van der Waals surface area contributed by atoms with Crippen LogP contribution in [-0.2, 0) is 0 Å². The molecule has 0 radical (unpaired) electrons. The fourth-order valence-electron chi connectivity index (χ4n) is 5.81. The highest BCUT2D eigenvalue weighted by molar-refractivity contribution is 6.36. The van der Waals surface area contributed by atoms with E-state index in [1.54, 1.807) is 41.5 Å². The molecule has 4 aromatic rings. The number of piperidine rings is 1. The van der Waals surface area contributed by atoms with Gasteiger partial charge in [0.25, 0.3) is 0 Å². The third kappa shape index (κ3) is 7.77. The van der Waals surface area contributed by atoms with E-state index in [1.807, 2.05) is 6.07 Å². The summed E-state index contributed by atoms with van der Waals surface area (Å²) in [5.41, 5.74) is 10.7. The van der Waals surface area contributed by atoms with Crippen molar-refractivity contribution in [3.8, 4) is 6.07 Å². The van der Waals surface area contributed by atoms with E-state index in [1.165, 1.54) is 24.4 Å². The number of nitrogens with two attached hydrogens (primary N) is 2. The first kappa shape index (κ1) is 33.9. The van der Waals surface area contributed by atoms with Crippen molar-refractivity contribution in [1.82, 2.24) is 14.9 Å². The molecule has 1 atom stereocenters. The molecular weight excluding hydrogens is 638 g/mol. The second-order valence-corrected chi connectivity index (χ2v) is 13.4. The van der Waals surface area contributed by atoms with Crippen molar-refractivity contribution in [3.05, 3.63) is 105 Å². The van der Waals surface area contributed by atoms with Gasteiger partial charge in [0, 0.05) is 59.4 Å². The number of pyridine rings is 1. The Kier molecular flexibility index (Phi) is 10.2. The van der Waals surface area contributed by atoms with Crippen LogP contribution in [-0.4, -0.2) is 45.8 Å². The van der Waals surface area contributed by atoms with Gasteiger partial charge in [0.1, 0.15) is 18.2 Å². The minimum atomic E-state index is -0.608. The van der Waals surface area contributed by atoms with Gasteiger partial charge in [0.05, 0.1) is 38.6 Å². The number of carbonyl (C=O) groups is 1. The molecule has 0 aliphatic carbocycles. The predicted molar refractivity (Wildman–Crippen MR) is 187 cm³/mol. The summed E-state index contributed by atoms with van der Waals surface area (Å²) in [6.07, 6.45) is 5.72. The molecular formula is C35H37Cl2FN8O. The Hall–Kier alpha value is -4.40. The molecule has 9 nitrogen and oxygen atoms in total. The Balaban J connectivity index is 1.52. The fourth-order valence-corrected chi connectivity index (χ4v) is 6.25. The van der Waals surface area contributed by atoms with E-state index in [4.69, 9.17) is 34.8 Å². The molecule has 0 saturated carbocycles. The van der Waals surface area contributed by atoms with Gasteiger partial charge in [-0.2, -0.15) is 5.26 Å². The number of carbonyl (C=O) groups excluding carboxylic acids is 1. The molecule has 5 rings (SSSR count). The van der Waals surface area contributed by atoms with Crippen LogP contribution in [0, 0.1) is 17.1 Å². The lowest BCUT2D eigenvalue weighted by molar-refractivity contribution is 0.0713. The number of nitriles is 1. The first-order valence-corrected chi connectivity index (χ1v) is 15.9. The highest BCUT2D eigenvalue weighted by Gasteiger charge is 2.29. The molecule has 2 heterocycles. The predicted octanol–water partition coefficient (Wildman–Crippen LogP) is 7.50. The van der Waals surface area contributed by atoms with Crippen LogP contribution in [0.5, 0.6) is 0 Å². The summed E-state index contributed by atoms with van der Waals surface area (Å²) < 4.78 is 13.9. The number of anilines is 3. The van der Waals surface area contributed by atoms with Gasteiger partial charge >= 0.3 is 0 Å². The van der Waals surface area contributed by atoms with E-state index < -0.39 is 11.9 Å². The largest absolute Gasteiger partial charge is 0.399 e. The Labute approximate surface area is 283 Å². The maximum Gasteiger partial charge on any atom is 0.150 e. The molecule has 1 fully saturated rings. The number of benzene rings is 3. The molecule has 0 bridgehead atoms. The van der Waals surface area contributed by atoms with Crippen LogP contribution >= 0.6 is 23.2 Å². The van der Waals surface area contributed by atoms with Gasteiger partial charge < -0.3 is 21.4 Å². The average Bonchev–Trinajstić information content (AvgIpc) is 3.05. The molecule has 0 amide bonds. The standard InChI is InChI=1S/C35H37Cl2FN8O/c1-35(2,3)45-11-9-26(10-12-45)46(41)19-31(40)33(22-6-4-5-21(13-22)20-47)44-25-14-27-32(43-24-7-8-30(38)28(36)15-24)23(17-39)18-42-34(27)29(37)16-25/h4-8,13-16,18-20,26,33,44H,9-12,40-41H2,1-3H3,(H,42,43)/b31-19-. The third-order valence-corrected chi connectivity index (χ3v) is 8.97. The second-order valence-electron chi connectivity index (χ2n) is 12.6. The van der Waals surface area contributed by atoms with E-state index in [2.05, 4.69) is 47.4 Å². The molecule has 3 aromatic carbocycles. The van der Waals surface area contributed by atoms with Crippen molar-refractivity contribution in [2.24, 2.45) is 11.6 Å². The van der Waals surface area contributed by atoms with Crippen molar-refractivity contribution in [1.29, 1.82) is 5.26 Å². The van der Waals surface area contributed by atoms with Crippen LogP contribution in [0.1, 0.15) is 61.1 Å². The van der Waals surface area contributed by atoms with E-state index in [0.29, 0.717) is 44.2 Å². The average molecular weight is 676 g/mol. The fraction of sp³-hybridized carbons (Fsp3) is 0.286. The Morgan fingerprint density at radius 2 is 1.85 bits per heavy atom. The zero-order valence-electron chi connectivity index (χ0n) is 26.4. The number of likely N-dealkylation sites (tertiary alicyclic amines) is 1. The van der Waals surface area contributed by atoms with Gasteiger partial charge in [0.15, 0.2) is 0 Å². The summed E-state index contributed by atoms with van der Waals surface area (Å²) in [6.45, 7) is 8.48. The highest BCUT2D eigenvalue weighted by atomic mass is 35.5. The summed E-state index contributed by atoms with van der Waals surface area (Å²) in [6, 6.07) is 16.5. The van der Waals surface area contributed by atoms with E-state index in [-0.39, 0.29) is 22.2 Å². The van der Waals surface area contributed by atoms with Crippen LogP contribution < -0.4 is 22.2 Å². The number of halogens is 3. The molecule has 47 heavy (non-hydrogen) atoms. The second kappa shape index (κ2) is 14.2. The quantitative estimate of drug-likeness (QED) is 0.0808. The van der Waals surface area contributed by atoms with Crippen molar-refractivity contribution >= 4 is 57.5 Å². The summed E-state index contributed by atoms with van der Waals surface area (Å²) in [7, 11) is 0. The molecule has 1 aromatic heterocycles. The molecule has 1 unspecified atom stereocenters. The number of nitrogens with one attached hydrogen (secondary N) is 2. The number of hydrogen-bond donors (Lipinski definition) is 4. The minimum absolute atomic E-state index is 0.0661. The van der Waals surface area contributed by atoms with Crippen molar-refractivity contribution in [2.75, 3.05) is 23.7 Å². The number of hydrogen-bond acceptors (Lipinski definition) is 9. The van der Waals surface area contributed by atoms with Crippen LogP contribution in [0.3, 0.4) is 0 Å². The lowest BCUT2D eigenvalue weighted by Gasteiger charge is -2.42. The number of nitrogens with zero attached hydrogens (tertiary/aromatic N) is 4. The third-order valence-electron chi connectivity index (χ3n) is 8.39. The lowest BCUT2D eigenvalue weighted by Crippen LogP contribution is -2.51. The smallest absolute Gasteiger partial charge is 0.150 e. The Morgan fingerprint density at radius 1 is 1.13 bits per heavy atom. The van der Waals surface area contributed by atoms with Crippen molar-refractivity contribution in [2.45, 2.75) is 51.2 Å². The maximum absolute atomic E-state index is 13.9. The SMILES string of the molecule is CC(C)(C)N1CCC(N(N)/C=C(\N)C(Nc2cc(Cl)c3ncc(C#N)c(Nc4ccc(F)c(Cl)c4)c3c2)c2cccc(C=O)c2)CC1. The van der Waals surface area contributed by atoms with E-state index in [0.717, 1.165) is 37.8 Å². The summed E-state index contributed by atoms with van der Waals surface area (Å²) in [5.74, 6) is 6.02. The molecule has 0 spiro atoms. The van der Waals surface area contributed by atoms with Crippen LogP contribution in [0.25, 0.3) is 10.9 Å². The highest BCUT2D eigenvalue weighted by Crippen LogP contribution is 2.37. The molecule has 12 heteroatoms. The molecule has 1 aliphatic heterocycles. The van der Waals surface area contributed by atoms with Crippen molar-refractivity contribution in [3.63, 3.8) is 0 Å². The van der Waals surface area contributed by atoms with Crippen molar-refractivity contribution < 1.29 is 9.18 Å². The van der Waals surface area contributed by atoms with Gasteiger partial charge in [-0.3, -0.25) is 14.7 Å². The van der Waals surface area contributed by atoms with Gasteiger partial charge in [-0.25, -0.2) is 10.2 Å². The number of fused-ring (bicyclic) bond motifs is 1. The van der Waals surface area contributed by atoms with Gasteiger partial charge in [0.2, 0.25) is 0 Å². The summed E-state index contributed by atoms with van der Waals surface area (Å²) in [4.78, 5) is 18.6. The van der Waals surface area contributed by atoms with Crippen LogP contribution in [0.2, 0.25) is 10.0 Å². The number of rotatable bonds is 9. The Bertz CT molecular complexity index is 1860. The maximum atomic E-state index is 13.9. The Morgan fingerprint density at radius 3 is 2.51 bits per heavy atom. The first-order valence-electron chi connectivity index (χ1n) is 15.2. The molecule has 244 valence electrons. The lowest BCUT2D eigenvalue weighted by atomic mass is 9.97. The van der Waals surface area contributed by atoms with Gasteiger partial charge in [-0.1, -0.05) is 41.4 Å². The van der Waals surface area contributed by atoms with E-state index >= 15 is 0 Å². The molecule has 1 saturated heterocycles. The zero-order chi connectivity index (χ0) is 33.9. The first-order chi connectivity index (χ1) is 22.4. The normalized spacial score (nSPS) is 15.2. The summed E-state index contributed by atoms with van der Waals surface area (Å²) >= 11 is 12.8.